The molecule has 0 aromatic heterocycles. The number of halogens is 3. The highest BCUT2D eigenvalue weighted by atomic mass is 19.4. The number of anilines is 1. The topological polar surface area (TPSA) is 94.9 Å². The Morgan fingerprint density at radius 3 is 2.20 bits per heavy atom. The number of alkyl halides is 3. The van der Waals surface area contributed by atoms with Crippen molar-refractivity contribution >= 4 is 17.9 Å². The molecule has 46 heavy (non-hydrogen) atoms. The number of rotatable bonds is 17. The summed E-state index contributed by atoms with van der Waals surface area (Å²) in [6.07, 6.45) is 6.13. The van der Waals surface area contributed by atoms with Gasteiger partial charge in [0, 0.05) is 45.9 Å². The van der Waals surface area contributed by atoms with Crippen LogP contribution in [-0.2, 0) is 25.2 Å². The minimum absolute atomic E-state index is 0.00953. The van der Waals surface area contributed by atoms with Crippen LogP contribution in [0.5, 0.6) is 0 Å². The molecule has 1 aromatic carbocycles. The number of nitriles is 1. The zero-order chi connectivity index (χ0) is 35.2. The average Bonchev–Trinajstić information content (AvgIpc) is 3.48. The lowest BCUT2D eigenvalue weighted by Crippen LogP contribution is -2.42. The van der Waals surface area contributed by atoms with Crippen LogP contribution in [0.15, 0.2) is 31.0 Å². The van der Waals surface area contributed by atoms with E-state index in [1.165, 1.54) is 43.9 Å². The lowest BCUT2D eigenvalue weighted by Gasteiger charge is -2.32. The molecule has 0 atom stereocenters. The highest BCUT2D eigenvalue weighted by molar-refractivity contribution is 5.75. The SMILES string of the molecule is C=CN(CCCC(=O)NCCOCCOCCC(C)C)C(C)(C)C=O.CC1CCCC1.CN(C)c1ccc(C#N)c(C(F)(F)F)c1. The Labute approximate surface area is 275 Å². The van der Waals surface area contributed by atoms with E-state index in [-0.39, 0.29) is 11.5 Å². The standard InChI is InChI=1S/C19H36N2O4.C10H9F3N2.C6H12/c1-6-21(19(4,5)16-22)11-7-8-18(23)20-10-13-25-15-14-24-12-9-17(2)3;1-15(2)8-4-3-7(6-14)9(5-8)10(11,12)13;1-6-4-2-3-5-6/h6,16-17H,1,7-15H2,2-5H3,(H,20,23);3-5H,1-2H3;6H,2-5H2,1H3. The van der Waals surface area contributed by atoms with Crippen LogP contribution in [0.4, 0.5) is 18.9 Å². The van der Waals surface area contributed by atoms with E-state index in [0.717, 1.165) is 31.3 Å². The zero-order valence-electron chi connectivity index (χ0n) is 29.0. The molecule has 1 aliphatic carbocycles. The van der Waals surface area contributed by atoms with Gasteiger partial charge in [0.1, 0.15) is 6.29 Å². The highest BCUT2D eigenvalue weighted by Gasteiger charge is 2.34. The molecule has 0 saturated heterocycles. The first-order chi connectivity index (χ1) is 21.6. The van der Waals surface area contributed by atoms with E-state index in [2.05, 4.69) is 32.7 Å². The summed E-state index contributed by atoms with van der Waals surface area (Å²) >= 11 is 0. The van der Waals surface area contributed by atoms with E-state index < -0.39 is 17.3 Å². The molecule has 262 valence electrons. The molecule has 0 unspecified atom stereocenters. The fourth-order valence-electron chi connectivity index (χ4n) is 4.36. The predicted octanol–water partition coefficient (Wildman–Crippen LogP) is 7.22. The van der Waals surface area contributed by atoms with Crippen LogP contribution in [0.2, 0.25) is 0 Å². The van der Waals surface area contributed by atoms with Crippen LogP contribution in [0.3, 0.4) is 0 Å². The minimum atomic E-state index is -4.49. The van der Waals surface area contributed by atoms with Gasteiger partial charge in [-0.1, -0.05) is 53.0 Å². The van der Waals surface area contributed by atoms with Gasteiger partial charge < -0.3 is 29.4 Å². The van der Waals surface area contributed by atoms with Crippen molar-refractivity contribution in [3.8, 4) is 6.07 Å². The first kappa shape index (κ1) is 42.9. The molecule has 0 heterocycles. The van der Waals surface area contributed by atoms with Crippen molar-refractivity contribution in [2.75, 3.05) is 58.5 Å². The van der Waals surface area contributed by atoms with E-state index in [4.69, 9.17) is 14.7 Å². The number of benzene rings is 1. The summed E-state index contributed by atoms with van der Waals surface area (Å²) < 4.78 is 48.4. The molecule has 8 nitrogen and oxygen atoms in total. The van der Waals surface area contributed by atoms with E-state index in [0.29, 0.717) is 57.4 Å². The highest BCUT2D eigenvalue weighted by Crippen LogP contribution is 2.34. The van der Waals surface area contributed by atoms with Gasteiger partial charge in [-0.25, -0.2) is 0 Å². The molecular formula is C35H57F3N4O4. The van der Waals surface area contributed by atoms with Crippen LogP contribution in [-0.4, -0.2) is 76.2 Å². The maximum atomic E-state index is 12.5. The number of nitrogens with zero attached hydrogens (tertiary/aromatic N) is 3. The van der Waals surface area contributed by atoms with Crippen molar-refractivity contribution in [1.29, 1.82) is 5.26 Å². The molecule has 0 bridgehead atoms. The third kappa shape index (κ3) is 19.4. The van der Waals surface area contributed by atoms with Crippen LogP contribution < -0.4 is 10.2 Å². The molecule has 0 spiro atoms. The summed E-state index contributed by atoms with van der Waals surface area (Å²) in [7, 11) is 3.28. The molecule has 2 rings (SSSR count). The number of aldehydes is 1. The molecule has 0 radical (unpaired) electrons. The van der Waals surface area contributed by atoms with Gasteiger partial charge in [-0.05, 0) is 62.9 Å². The van der Waals surface area contributed by atoms with E-state index in [9.17, 15) is 22.8 Å². The maximum Gasteiger partial charge on any atom is 0.417 e. The second-order valence-corrected chi connectivity index (χ2v) is 12.6. The average molecular weight is 655 g/mol. The van der Waals surface area contributed by atoms with Gasteiger partial charge in [0.25, 0.3) is 0 Å². The van der Waals surface area contributed by atoms with E-state index in [1.807, 2.05) is 18.7 Å². The molecule has 1 saturated carbocycles. The van der Waals surface area contributed by atoms with Gasteiger partial charge in [0.2, 0.25) is 5.91 Å². The normalized spacial score (nSPS) is 13.1. The molecule has 1 aromatic rings. The summed E-state index contributed by atoms with van der Waals surface area (Å²) in [5, 5.41) is 11.4. The molecule has 11 heteroatoms. The Bertz CT molecular complexity index is 1050. The lowest BCUT2D eigenvalue weighted by molar-refractivity contribution is -0.137. The number of carbonyl (C=O) groups is 2. The first-order valence-electron chi connectivity index (χ1n) is 16.2. The molecule has 1 aliphatic rings. The number of ether oxygens (including phenoxy) is 2. The summed E-state index contributed by atoms with van der Waals surface area (Å²) in [6, 6.07) is 5.16. The summed E-state index contributed by atoms with van der Waals surface area (Å²) in [5.41, 5.74) is -1.42. The largest absolute Gasteiger partial charge is 0.417 e. The van der Waals surface area contributed by atoms with Gasteiger partial charge >= 0.3 is 6.18 Å². The second kappa shape index (κ2) is 23.3. The van der Waals surface area contributed by atoms with Crippen molar-refractivity contribution in [2.24, 2.45) is 11.8 Å². The number of carbonyl (C=O) groups excluding carboxylic acids is 2. The van der Waals surface area contributed by atoms with Crippen molar-refractivity contribution < 1.29 is 32.2 Å². The third-order valence-corrected chi connectivity index (χ3v) is 7.42. The molecule has 1 N–H and O–H groups in total. The Balaban J connectivity index is 0.000000800. The minimum Gasteiger partial charge on any atom is -0.379 e. The number of amides is 1. The number of nitrogens with one attached hydrogen (secondary N) is 1. The number of hydrogen-bond acceptors (Lipinski definition) is 7. The van der Waals surface area contributed by atoms with Crippen molar-refractivity contribution in [1.82, 2.24) is 10.2 Å². The lowest BCUT2D eigenvalue weighted by atomic mass is 10.1. The zero-order valence-corrected chi connectivity index (χ0v) is 29.0. The van der Waals surface area contributed by atoms with Crippen LogP contribution >= 0.6 is 0 Å². The summed E-state index contributed by atoms with van der Waals surface area (Å²) in [5.74, 6) is 1.69. The summed E-state index contributed by atoms with van der Waals surface area (Å²) in [4.78, 5) is 26.2. The Morgan fingerprint density at radius 1 is 1.13 bits per heavy atom. The van der Waals surface area contributed by atoms with E-state index >= 15 is 0 Å². The number of hydrogen-bond donors (Lipinski definition) is 1. The Hall–Kier alpha value is -3.10. The van der Waals surface area contributed by atoms with Gasteiger partial charge in [-0.3, -0.25) is 4.79 Å². The van der Waals surface area contributed by atoms with Crippen LogP contribution in [0, 0.1) is 23.2 Å². The second-order valence-electron chi connectivity index (χ2n) is 12.6. The Morgan fingerprint density at radius 2 is 1.74 bits per heavy atom. The van der Waals surface area contributed by atoms with Gasteiger partial charge in [0.15, 0.2) is 0 Å². The van der Waals surface area contributed by atoms with Crippen molar-refractivity contribution in [3.05, 3.63) is 42.1 Å². The molecule has 1 amide bonds. The predicted molar refractivity (Wildman–Crippen MR) is 179 cm³/mol. The van der Waals surface area contributed by atoms with Gasteiger partial charge in [0.05, 0.1) is 42.6 Å². The molecular weight excluding hydrogens is 597 g/mol. The Kier molecular flexibility index (Phi) is 21.7. The fourth-order valence-corrected chi connectivity index (χ4v) is 4.36. The van der Waals surface area contributed by atoms with Crippen molar-refractivity contribution in [2.45, 2.75) is 91.3 Å². The first-order valence-corrected chi connectivity index (χ1v) is 16.2. The van der Waals surface area contributed by atoms with E-state index in [1.54, 1.807) is 25.2 Å². The van der Waals surface area contributed by atoms with Gasteiger partial charge in [-0.15, -0.1) is 0 Å². The summed E-state index contributed by atoms with van der Waals surface area (Å²) in [6.45, 7) is 17.5. The molecule has 0 aliphatic heterocycles. The fraction of sp³-hybridized carbons (Fsp3) is 0.686. The van der Waals surface area contributed by atoms with Crippen LogP contribution in [0.1, 0.15) is 90.7 Å². The van der Waals surface area contributed by atoms with Crippen molar-refractivity contribution in [3.63, 3.8) is 0 Å². The smallest absolute Gasteiger partial charge is 0.379 e. The van der Waals surface area contributed by atoms with Gasteiger partial charge in [-0.2, -0.15) is 18.4 Å². The maximum absolute atomic E-state index is 12.5. The monoisotopic (exact) mass is 654 g/mol. The molecule has 1 fully saturated rings. The quantitative estimate of drug-likeness (QED) is 0.140. The third-order valence-electron chi connectivity index (χ3n) is 7.42. The van der Waals surface area contributed by atoms with Crippen LogP contribution in [0.25, 0.3) is 0 Å².